The van der Waals surface area contributed by atoms with Crippen molar-refractivity contribution in [2.75, 3.05) is 0 Å². The fourth-order valence-electron chi connectivity index (χ4n) is 2.18. The van der Waals surface area contributed by atoms with Crippen molar-refractivity contribution in [3.05, 3.63) is 35.9 Å². The molecule has 0 atom stereocenters. The third-order valence-corrected chi connectivity index (χ3v) is 3.50. The molecule has 5 nitrogen and oxygen atoms in total. The zero-order valence-electron chi connectivity index (χ0n) is 12.5. The van der Waals surface area contributed by atoms with E-state index in [4.69, 9.17) is 0 Å². The third kappa shape index (κ3) is 4.70. The molecule has 1 heterocycles. The SMILES string of the molecule is CC(C)(CCc1ccccc1)NC(=O)C1=NNC(=O)CC1. The molecule has 1 aromatic carbocycles. The van der Waals surface area contributed by atoms with Crippen LogP contribution in [0.5, 0.6) is 0 Å². The Morgan fingerprint density at radius 2 is 2.00 bits per heavy atom. The van der Waals surface area contributed by atoms with Crippen LogP contribution < -0.4 is 10.7 Å². The van der Waals surface area contributed by atoms with Crippen LogP contribution in [0.4, 0.5) is 0 Å². The van der Waals surface area contributed by atoms with Crippen molar-refractivity contribution in [3.63, 3.8) is 0 Å². The average Bonchev–Trinajstić information content (AvgIpc) is 2.46. The molecule has 0 unspecified atom stereocenters. The van der Waals surface area contributed by atoms with Crippen LogP contribution >= 0.6 is 0 Å². The van der Waals surface area contributed by atoms with E-state index in [0.717, 1.165) is 12.8 Å². The van der Waals surface area contributed by atoms with Gasteiger partial charge in [-0.3, -0.25) is 9.59 Å². The molecule has 5 heteroatoms. The highest BCUT2D eigenvalue weighted by Gasteiger charge is 2.25. The Morgan fingerprint density at radius 1 is 1.29 bits per heavy atom. The van der Waals surface area contributed by atoms with Crippen LogP contribution in [0.2, 0.25) is 0 Å². The first-order valence-electron chi connectivity index (χ1n) is 7.18. The smallest absolute Gasteiger partial charge is 0.267 e. The van der Waals surface area contributed by atoms with E-state index in [0.29, 0.717) is 18.6 Å². The van der Waals surface area contributed by atoms with Gasteiger partial charge in [-0.25, -0.2) is 5.43 Å². The van der Waals surface area contributed by atoms with E-state index in [1.54, 1.807) is 0 Å². The van der Waals surface area contributed by atoms with E-state index < -0.39 is 0 Å². The Kier molecular flexibility index (Phi) is 4.73. The topological polar surface area (TPSA) is 70.6 Å². The molecule has 1 aliphatic rings. The maximum atomic E-state index is 12.1. The largest absolute Gasteiger partial charge is 0.346 e. The lowest BCUT2D eigenvalue weighted by Gasteiger charge is -2.27. The molecule has 0 aliphatic carbocycles. The molecule has 0 aromatic heterocycles. The van der Waals surface area contributed by atoms with Gasteiger partial charge < -0.3 is 5.32 Å². The maximum Gasteiger partial charge on any atom is 0.267 e. The molecule has 2 N–H and O–H groups in total. The summed E-state index contributed by atoms with van der Waals surface area (Å²) >= 11 is 0. The summed E-state index contributed by atoms with van der Waals surface area (Å²) in [6.07, 6.45) is 2.45. The zero-order chi connectivity index (χ0) is 15.3. The van der Waals surface area contributed by atoms with E-state index in [2.05, 4.69) is 28.0 Å². The number of nitrogens with zero attached hydrogens (tertiary/aromatic N) is 1. The van der Waals surface area contributed by atoms with E-state index in [-0.39, 0.29) is 17.4 Å². The average molecular weight is 287 g/mol. The number of nitrogens with one attached hydrogen (secondary N) is 2. The molecule has 0 saturated carbocycles. The van der Waals surface area contributed by atoms with E-state index >= 15 is 0 Å². The summed E-state index contributed by atoms with van der Waals surface area (Å²) in [7, 11) is 0. The minimum Gasteiger partial charge on any atom is -0.346 e. The Morgan fingerprint density at radius 3 is 2.62 bits per heavy atom. The Bertz CT molecular complexity index is 550. The van der Waals surface area contributed by atoms with Gasteiger partial charge in [0.15, 0.2) is 0 Å². The highest BCUT2D eigenvalue weighted by atomic mass is 16.2. The van der Waals surface area contributed by atoms with Crippen molar-refractivity contribution in [2.24, 2.45) is 5.10 Å². The molecule has 1 aliphatic heterocycles. The van der Waals surface area contributed by atoms with Crippen molar-refractivity contribution in [2.45, 2.75) is 45.1 Å². The number of benzene rings is 1. The molecule has 21 heavy (non-hydrogen) atoms. The van der Waals surface area contributed by atoms with Gasteiger partial charge >= 0.3 is 0 Å². The first-order chi connectivity index (χ1) is 9.96. The quantitative estimate of drug-likeness (QED) is 0.866. The summed E-state index contributed by atoms with van der Waals surface area (Å²) in [6, 6.07) is 10.2. The summed E-state index contributed by atoms with van der Waals surface area (Å²) < 4.78 is 0. The lowest BCUT2D eigenvalue weighted by molar-refractivity contribution is -0.121. The van der Waals surface area contributed by atoms with Crippen molar-refractivity contribution in [1.82, 2.24) is 10.7 Å². The summed E-state index contributed by atoms with van der Waals surface area (Å²) in [5, 5.41) is 6.81. The number of hydrazone groups is 1. The van der Waals surface area contributed by atoms with Gasteiger partial charge in [-0.1, -0.05) is 30.3 Å². The van der Waals surface area contributed by atoms with Crippen LogP contribution in [-0.4, -0.2) is 23.1 Å². The summed E-state index contributed by atoms with van der Waals surface area (Å²) in [5.41, 5.74) is 3.67. The molecule has 1 aromatic rings. The monoisotopic (exact) mass is 287 g/mol. The maximum absolute atomic E-state index is 12.1. The number of amides is 2. The number of hydrogen-bond acceptors (Lipinski definition) is 3. The second kappa shape index (κ2) is 6.52. The lowest BCUT2D eigenvalue weighted by atomic mass is 9.94. The van der Waals surface area contributed by atoms with Crippen LogP contribution in [0.25, 0.3) is 0 Å². The number of aryl methyl sites for hydroxylation is 1. The predicted octanol–water partition coefficient (Wildman–Crippen LogP) is 1.78. The predicted molar refractivity (Wildman–Crippen MR) is 81.8 cm³/mol. The molecule has 0 radical (unpaired) electrons. The Hall–Kier alpha value is -2.17. The number of rotatable bonds is 5. The fourth-order valence-corrected chi connectivity index (χ4v) is 2.18. The lowest BCUT2D eigenvalue weighted by Crippen LogP contribution is -2.48. The highest BCUT2D eigenvalue weighted by Crippen LogP contribution is 2.14. The molecular weight excluding hydrogens is 266 g/mol. The fraction of sp³-hybridized carbons (Fsp3) is 0.438. The zero-order valence-corrected chi connectivity index (χ0v) is 12.5. The van der Waals surface area contributed by atoms with Crippen LogP contribution in [0.15, 0.2) is 35.4 Å². The molecule has 112 valence electrons. The molecule has 0 fully saturated rings. The second-order valence-electron chi connectivity index (χ2n) is 5.92. The Labute approximate surface area is 124 Å². The normalized spacial score (nSPS) is 15.1. The summed E-state index contributed by atoms with van der Waals surface area (Å²) in [5.74, 6) is -0.344. The van der Waals surface area contributed by atoms with Gasteiger partial charge in [0.25, 0.3) is 5.91 Å². The number of carbonyl (C=O) groups is 2. The standard InChI is InChI=1S/C16H21N3O2/c1-16(2,11-10-12-6-4-3-5-7-12)17-15(21)13-8-9-14(20)19-18-13/h3-7H,8-11H2,1-2H3,(H,17,21)(H,19,20). The van der Waals surface area contributed by atoms with Crippen molar-refractivity contribution < 1.29 is 9.59 Å². The third-order valence-electron chi connectivity index (χ3n) is 3.50. The van der Waals surface area contributed by atoms with Crippen LogP contribution in [-0.2, 0) is 16.0 Å². The molecule has 2 rings (SSSR count). The van der Waals surface area contributed by atoms with Crippen LogP contribution in [0, 0.1) is 0 Å². The van der Waals surface area contributed by atoms with Gasteiger partial charge in [0, 0.05) is 18.4 Å². The first kappa shape index (κ1) is 15.2. The molecule has 0 bridgehead atoms. The van der Waals surface area contributed by atoms with Crippen molar-refractivity contribution in [1.29, 1.82) is 0 Å². The van der Waals surface area contributed by atoms with Gasteiger partial charge in [0.2, 0.25) is 5.91 Å². The second-order valence-corrected chi connectivity index (χ2v) is 5.92. The number of carbonyl (C=O) groups excluding carboxylic acids is 2. The van der Waals surface area contributed by atoms with E-state index in [9.17, 15) is 9.59 Å². The van der Waals surface area contributed by atoms with Crippen LogP contribution in [0.3, 0.4) is 0 Å². The summed E-state index contributed by atoms with van der Waals surface area (Å²) in [6.45, 7) is 3.99. The van der Waals surface area contributed by atoms with E-state index in [1.165, 1.54) is 5.56 Å². The van der Waals surface area contributed by atoms with Gasteiger partial charge in [0.05, 0.1) is 0 Å². The summed E-state index contributed by atoms with van der Waals surface area (Å²) in [4.78, 5) is 23.2. The highest BCUT2D eigenvalue weighted by molar-refractivity contribution is 6.39. The van der Waals surface area contributed by atoms with E-state index in [1.807, 2.05) is 32.0 Å². The molecular formula is C16H21N3O2. The van der Waals surface area contributed by atoms with Gasteiger partial charge in [-0.05, 0) is 32.3 Å². The van der Waals surface area contributed by atoms with Gasteiger partial charge in [0.1, 0.15) is 5.71 Å². The van der Waals surface area contributed by atoms with Crippen molar-refractivity contribution in [3.8, 4) is 0 Å². The molecule has 0 saturated heterocycles. The Balaban J connectivity index is 1.88. The molecule has 0 spiro atoms. The van der Waals surface area contributed by atoms with Gasteiger partial charge in [-0.2, -0.15) is 5.10 Å². The minimum absolute atomic E-state index is 0.144. The first-order valence-corrected chi connectivity index (χ1v) is 7.18. The van der Waals surface area contributed by atoms with Gasteiger partial charge in [-0.15, -0.1) is 0 Å². The minimum atomic E-state index is -0.323. The van der Waals surface area contributed by atoms with Crippen LogP contribution in [0.1, 0.15) is 38.7 Å². The number of hydrogen-bond donors (Lipinski definition) is 2. The molecule has 2 amide bonds. The van der Waals surface area contributed by atoms with Crippen molar-refractivity contribution >= 4 is 17.5 Å².